The lowest BCUT2D eigenvalue weighted by Gasteiger charge is -2.36. The summed E-state index contributed by atoms with van der Waals surface area (Å²) in [6, 6.07) is 15.6. The number of carbonyl (C=O) groups excluding carboxylic acids is 4. The maximum atomic E-state index is 13.8. The number of thiophene rings is 1. The summed E-state index contributed by atoms with van der Waals surface area (Å²) in [5.74, 6) is 0.903. The summed E-state index contributed by atoms with van der Waals surface area (Å²) in [6.07, 6.45) is 3.87. The third-order valence-corrected chi connectivity index (χ3v) is 10.2. The van der Waals surface area contributed by atoms with Crippen LogP contribution in [0.1, 0.15) is 61.7 Å². The van der Waals surface area contributed by atoms with E-state index >= 15 is 0 Å². The number of anilines is 3. The van der Waals surface area contributed by atoms with Gasteiger partial charge in [-0.05, 0) is 95.3 Å². The molecule has 3 aliphatic heterocycles. The van der Waals surface area contributed by atoms with Gasteiger partial charge in [-0.3, -0.25) is 19.4 Å². The molecule has 3 aliphatic rings. The molecule has 0 spiro atoms. The summed E-state index contributed by atoms with van der Waals surface area (Å²) in [6.45, 7) is 8.69. The predicted molar refractivity (Wildman–Crippen MR) is 192 cm³/mol. The lowest BCUT2D eigenvalue weighted by molar-refractivity contribution is -0.137. The van der Waals surface area contributed by atoms with Gasteiger partial charge in [-0.25, -0.2) is 14.6 Å². The monoisotopic (exact) mass is 696 g/mol. The first-order valence-corrected chi connectivity index (χ1v) is 17.7. The number of hydrogen-bond donors (Lipinski definition) is 2. The number of benzene rings is 2. The summed E-state index contributed by atoms with van der Waals surface area (Å²) in [7, 11) is 0. The Morgan fingerprint density at radius 3 is 2.52 bits per heavy atom. The van der Waals surface area contributed by atoms with Crippen LogP contribution in [-0.4, -0.2) is 76.0 Å². The van der Waals surface area contributed by atoms with E-state index in [4.69, 9.17) is 9.47 Å². The van der Waals surface area contributed by atoms with E-state index in [9.17, 15) is 19.2 Å². The molecule has 0 bridgehead atoms. The normalized spacial score (nSPS) is 19.0. The van der Waals surface area contributed by atoms with E-state index in [1.807, 2.05) is 55.5 Å². The van der Waals surface area contributed by atoms with Crippen LogP contribution in [0.4, 0.5) is 26.7 Å². The number of hydrogen-bond acceptors (Lipinski definition) is 8. The molecule has 0 aliphatic carbocycles. The van der Waals surface area contributed by atoms with Gasteiger partial charge in [0.1, 0.15) is 32.8 Å². The topological polar surface area (TPSA) is 133 Å². The molecule has 5 amide bonds. The molecule has 12 nitrogen and oxygen atoms in total. The van der Waals surface area contributed by atoms with Gasteiger partial charge < -0.3 is 25.0 Å². The number of aryl methyl sites for hydroxylation is 1. The number of aromatic nitrogens is 1. The Kier molecular flexibility index (Phi) is 8.85. The van der Waals surface area contributed by atoms with Gasteiger partial charge >= 0.3 is 12.1 Å². The Hall–Kier alpha value is -5.17. The first-order valence-electron chi connectivity index (χ1n) is 16.9. The molecule has 2 saturated heterocycles. The van der Waals surface area contributed by atoms with E-state index in [2.05, 4.69) is 15.6 Å². The Morgan fingerprint density at radius 2 is 1.76 bits per heavy atom. The molecular formula is C37H40N6O6S. The van der Waals surface area contributed by atoms with Gasteiger partial charge in [-0.1, -0.05) is 18.2 Å². The summed E-state index contributed by atoms with van der Waals surface area (Å²) < 4.78 is 11.6. The van der Waals surface area contributed by atoms with Gasteiger partial charge in [-0.15, -0.1) is 11.3 Å². The molecular weight excluding hydrogens is 657 g/mol. The first kappa shape index (κ1) is 33.3. The van der Waals surface area contributed by atoms with Gasteiger partial charge in [0.05, 0.1) is 22.4 Å². The molecule has 260 valence electrons. The molecule has 2 aromatic heterocycles. The van der Waals surface area contributed by atoms with Crippen molar-refractivity contribution in [3.05, 3.63) is 71.2 Å². The summed E-state index contributed by atoms with van der Waals surface area (Å²) >= 11 is 1.22. The number of ether oxygens (including phenoxy) is 2. The zero-order valence-electron chi connectivity index (χ0n) is 28.5. The van der Waals surface area contributed by atoms with Crippen molar-refractivity contribution >= 4 is 62.6 Å². The van der Waals surface area contributed by atoms with E-state index in [1.165, 1.54) is 16.2 Å². The zero-order chi connectivity index (χ0) is 35.2. The third-order valence-electron chi connectivity index (χ3n) is 9.07. The largest absolute Gasteiger partial charge is 0.457 e. The van der Waals surface area contributed by atoms with Gasteiger partial charge in [0.2, 0.25) is 5.91 Å². The van der Waals surface area contributed by atoms with Crippen LogP contribution in [0.5, 0.6) is 11.5 Å². The van der Waals surface area contributed by atoms with Crippen molar-refractivity contribution in [2.24, 2.45) is 0 Å². The van der Waals surface area contributed by atoms with Crippen molar-refractivity contribution in [3.8, 4) is 11.5 Å². The predicted octanol–water partition coefficient (Wildman–Crippen LogP) is 7.20. The Morgan fingerprint density at radius 1 is 0.980 bits per heavy atom. The van der Waals surface area contributed by atoms with Crippen molar-refractivity contribution in [1.82, 2.24) is 20.1 Å². The van der Waals surface area contributed by atoms with Crippen LogP contribution < -0.4 is 20.3 Å². The Balaban J connectivity index is 1.08. The van der Waals surface area contributed by atoms with Gasteiger partial charge in [0.15, 0.2) is 0 Å². The second kappa shape index (κ2) is 13.3. The number of urea groups is 1. The van der Waals surface area contributed by atoms with Crippen LogP contribution in [0.25, 0.3) is 10.2 Å². The number of likely N-dealkylation sites (tertiary alicyclic amines) is 2. The molecule has 2 N–H and O–H groups in total. The van der Waals surface area contributed by atoms with Gasteiger partial charge in [0.25, 0.3) is 5.91 Å². The van der Waals surface area contributed by atoms with Crippen molar-refractivity contribution < 1.29 is 28.7 Å². The minimum Gasteiger partial charge on any atom is -0.457 e. The molecule has 2 unspecified atom stereocenters. The van der Waals surface area contributed by atoms with E-state index in [-0.39, 0.29) is 17.9 Å². The number of rotatable bonds is 6. The minimum absolute atomic E-state index is 0.125. The van der Waals surface area contributed by atoms with Crippen molar-refractivity contribution in [2.45, 2.75) is 71.1 Å². The van der Waals surface area contributed by atoms with E-state index < -0.39 is 23.8 Å². The number of pyridine rings is 1. The van der Waals surface area contributed by atoms with E-state index in [0.29, 0.717) is 82.6 Å². The zero-order valence-corrected chi connectivity index (χ0v) is 29.3. The van der Waals surface area contributed by atoms with E-state index in [1.54, 1.807) is 42.8 Å². The Bertz CT molecular complexity index is 1970. The first-order chi connectivity index (χ1) is 24.0. The van der Waals surface area contributed by atoms with Gasteiger partial charge in [-0.2, -0.15) is 0 Å². The standard InChI is InChI=1S/C37H40N6O6S/c1-22-20-25(48-24-11-6-5-7-12-24)14-15-26(22)43-27-16-17-38-33-29(27)30(40-35(43)46)31(50-33)32(44)39-23-10-8-18-41(21-23)34(45)28-13-9-19-42(28)36(47)49-37(2,3)4/h5-7,11-12,14-17,20,23,28H,8-10,13,18-19,21H2,1-4H3,(H,39,44)(H,40,46). The highest BCUT2D eigenvalue weighted by Crippen LogP contribution is 2.46. The Labute approximate surface area is 294 Å². The number of piperidine rings is 1. The number of nitrogens with one attached hydrogen (secondary N) is 2. The second-order valence-electron chi connectivity index (χ2n) is 13.9. The molecule has 50 heavy (non-hydrogen) atoms. The van der Waals surface area contributed by atoms with Gasteiger partial charge in [0, 0.05) is 31.9 Å². The molecule has 13 heteroatoms. The van der Waals surface area contributed by atoms with E-state index in [0.717, 1.165) is 12.0 Å². The molecule has 4 aromatic rings. The average Bonchev–Trinajstić information content (AvgIpc) is 3.72. The number of carbonyl (C=O) groups is 4. The maximum Gasteiger partial charge on any atom is 0.410 e. The third kappa shape index (κ3) is 6.57. The molecule has 5 heterocycles. The number of nitrogens with zero attached hydrogens (tertiary/aromatic N) is 4. The van der Waals surface area contributed by atoms with Crippen LogP contribution in [0, 0.1) is 6.92 Å². The molecule has 0 saturated carbocycles. The summed E-state index contributed by atoms with van der Waals surface area (Å²) in [5, 5.41) is 6.77. The van der Waals surface area contributed by atoms with Crippen molar-refractivity contribution in [2.75, 3.05) is 29.9 Å². The van der Waals surface area contributed by atoms with Crippen LogP contribution in [0.3, 0.4) is 0 Å². The highest BCUT2D eigenvalue weighted by atomic mass is 32.1. The number of para-hydroxylation sites is 1. The fourth-order valence-corrected chi connectivity index (χ4v) is 7.89. The fraction of sp³-hybridized carbons (Fsp3) is 0.378. The molecule has 7 rings (SSSR count). The summed E-state index contributed by atoms with van der Waals surface area (Å²) in [4.78, 5) is 64.4. The SMILES string of the molecule is Cc1cc(Oc2ccccc2)ccc1N1C(=O)Nc2c(C(=O)NC3CCCN(C(=O)C4CCCN4C(=O)OC(C)(C)C)C3)sc3nccc1c23. The fourth-order valence-electron chi connectivity index (χ4n) is 6.87. The summed E-state index contributed by atoms with van der Waals surface area (Å²) in [5.41, 5.74) is 1.91. The lowest BCUT2D eigenvalue weighted by atomic mass is 10.0. The molecule has 2 aromatic carbocycles. The van der Waals surface area contributed by atoms with Crippen LogP contribution in [0.15, 0.2) is 60.8 Å². The van der Waals surface area contributed by atoms with Crippen LogP contribution in [0.2, 0.25) is 0 Å². The van der Waals surface area contributed by atoms with Crippen molar-refractivity contribution in [1.29, 1.82) is 0 Å². The van der Waals surface area contributed by atoms with Crippen LogP contribution >= 0.6 is 11.3 Å². The van der Waals surface area contributed by atoms with Crippen molar-refractivity contribution in [3.63, 3.8) is 0 Å². The quantitative estimate of drug-likeness (QED) is 0.218. The average molecular weight is 697 g/mol. The molecule has 0 radical (unpaired) electrons. The minimum atomic E-state index is -0.656. The lowest BCUT2D eigenvalue weighted by Crippen LogP contribution is -2.55. The smallest absolute Gasteiger partial charge is 0.410 e. The maximum absolute atomic E-state index is 13.8. The molecule has 2 fully saturated rings. The van der Waals surface area contributed by atoms with Crippen LogP contribution in [-0.2, 0) is 9.53 Å². The highest BCUT2D eigenvalue weighted by molar-refractivity contribution is 7.21. The second-order valence-corrected chi connectivity index (χ2v) is 14.9. The molecule has 2 atom stereocenters. The highest BCUT2D eigenvalue weighted by Gasteiger charge is 2.40. The number of amides is 5.